The lowest BCUT2D eigenvalue weighted by Gasteiger charge is -2.13. The highest BCUT2D eigenvalue weighted by Crippen LogP contribution is 2.33. The molecule has 0 aromatic heterocycles. The van der Waals surface area contributed by atoms with E-state index in [0.717, 1.165) is 10.6 Å². The van der Waals surface area contributed by atoms with Gasteiger partial charge >= 0.3 is 0 Å². The number of para-hydroxylation sites is 1. The number of benzene rings is 3. The Labute approximate surface area is 180 Å². The molecule has 1 heterocycles. The van der Waals surface area contributed by atoms with Crippen LogP contribution in [0.3, 0.4) is 0 Å². The van der Waals surface area contributed by atoms with Crippen molar-refractivity contribution in [3.8, 4) is 11.5 Å². The van der Waals surface area contributed by atoms with Crippen LogP contribution in [-0.2, 0) is 9.84 Å². The molecule has 1 unspecified atom stereocenters. The van der Waals surface area contributed by atoms with Gasteiger partial charge in [-0.15, -0.1) is 11.8 Å². The molecular weight excluding hydrogens is 418 g/mol. The standard InChI is InChI=1S/C23H21NO4S2/c25-23(21-8-4-5-9-22(21)29-20-14-15-30(26,27)16-20)24-17-10-12-19(13-11-17)28-18-6-2-1-3-7-18/h1-13,20H,14-16H2,(H,24,25). The van der Waals surface area contributed by atoms with Crippen LogP contribution in [0.1, 0.15) is 16.8 Å². The Bertz CT molecular complexity index is 1130. The molecule has 0 bridgehead atoms. The third-order valence-electron chi connectivity index (χ3n) is 4.71. The van der Waals surface area contributed by atoms with Crippen molar-refractivity contribution in [1.29, 1.82) is 0 Å². The van der Waals surface area contributed by atoms with E-state index in [1.807, 2.05) is 42.5 Å². The van der Waals surface area contributed by atoms with Crippen LogP contribution in [0, 0.1) is 0 Å². The van der Waals surface area contributed by atoms with E-state index in [1.54, 1.807) is 36.4 Å². The van der Waals surface area contributed by atoms with E-state index in [1.165, 1.54) is 11.8 Å². The minimum atomic E-state index is -2.96. The molecule has 1 saturated heterocycles. The summed E-state index contributed by atoms with van der Waals surface area (Å²) < 4.78 is 29.2. The molecule has 154 valence electrons. The lowest BCUT2D eigenvalue weighted by atomic mass is 10.2. The van der Waals surface area contributed by atoms with Gasteiger partial charge in [0.2, 0.25) is 0 Å². The van der Waals surface area contributed by atoms with E-state index >= 15 is 0 Å². The van der Waals surface area contributed by atoms with Crippen molar-refractivity contribution in [2.24, 2.45) is 0 Å². The lowest BCUT2D eigenvalue weighted by Crippen LogP contribution is -2.14. The van der Waals surface area contributed by atoms with Crippen molar-refractivity contribution in [1.82, 2.24) is 0 Å². The van der Waals surface area contributed by atoms with E-state index in [0.29, 0.717) is 23.4 Å². The number of amides is 1. The molecule has 4 rings (SSSR count). The van der Waals surface area contributed by atoms with Gasteiger partial charge in [0.15, 0.2) is 9.84 Å². The summed E-state index contributed by atoms with van der Waals surface area (Å²) in [6.07, 6.45) is 0.617. The van der Waals surface area contributed by atoms with Crippen LogP contribution < -0.4 is 10.1 Å². The molecule has 1 aliphatic heterocycles. The molecule has 1 amide bonds. The zero-order valence-corrected chi connectivity index (χ0v) is 17.8. The molecular formula is C23H21NO4S2. The first-order valence-electron chi connectivity index (χ1n) is 9.59. The molecule has 0 aliphatic carbocycles. The van der Waals surface area contributed by atoms with E-state index in [2.05, 4.69) is 5.32 Å². The summed E-state index contributed by atoms with van der Waals surface area (Å²) in [6.45, 7) is 0. The minimum absolute atomic E-state index is 0.0154. The summed E-state index contributed by atoms with van der Waals surface area (Å²) in [7, 11) is -2.96. The number of hydrogen-bond donors (Lipinski definition) is 1. The third-order valence-corrected chi connectivity index (χ3v) is 8.03. The minimum Gasteiger partial charge on any atom is -0.457 e. The van der Waals surface area contributed by atoms with Gasteiger partial charge in [0.05, 0.1) is 17.1 Å². The zero-order valence-electron chi connectivity index (χ0n) is 16.2. The van der Waals surface area contributed by atoms with Gasteiger partial charge in [-0.1, -0.05) is 30.3 Å². The Kier molecular flexibility index (Phi) is 6.11. The first-order valence-corrected chi connectivity index (χ1v) is 12.3. The van der Waals surface area contributed by atoms with Crippen molar-refractivity contribution in [3.05, 3.63) is 84.4 Å². The molecule has 5 nitrogen and oxygen atoms in total. The van der Waals surface area contributed by atoms with Gasteiger partial charge in [-0.25, -0.2) is 8.42 Å². The number of thioether (sulfide) groups is 1. The Morgan fingerprint density at radius 1 is 0.900 bits per heavy atom. The second-order valence-electron chi connectivity index (χ2n) is 7.03. The van der Waals surface area contributed by atoms with Gasteiger partial charge < -0.3 is 10.1 Å². The van der Waals surface area contributed by atoms with Crippen LogP contribution in [0.5, 0.6) is 11.5 Å². The number of ether oxygens (including phenoxy) is 1. The topological polar surface area (TPSA) is 72.5 Å². The van der Waals surface area contributed by atoms with Gasteiger partial charge in [0.1, 0.15) is 11.5 Å². The van der Waals surface area contributed by atoms with E-state index in [4.69, 9.17) is 4.74 Å². The normalized spacial score (nSPS) is 17.4. The molecule has 0 saturated carbocycles. The first kappa shape index (κ1) is 20.5. The van der Waals surface area contributed by atoms with E-state index in [-0.39, 0.29) is 22.7 Å². The molecule has 1 atom stereocenters. The molecule has 0 radical (unpaired) electrons. The van der Waals surface area contributed by atoms with Crippen LogP contribution in [-0.4, -0.2) is 31.1 Å². The average molecular weight is 440 g/mol. The SMILES string of the molecule is O=C(Nc1ccc(Oc2ccccc2)cc1)c1ccccc1SC1CCS(=O)(=O)C1. The fourth-order valence-electron chi connectivity index (χ4n) is 3.22. The molecule has 1 N–H and O–H groups in total. The Hall–Kier alpha value is -2.77. The maximum Gasteiger partial charge on any atom is 0.256 e. The van der Waals surface area contributed by atoms with Gasteiger partial charge in [0.25, 0.3) is 5.91 Å². The number of hydrogen-bond acceptors (Lipinski definition) is 5. The predicted molar refractivity (Wildman–Crippen MR) is 120 cm³/mol. The van der Waals surface area contributed by atoms with Crippen LogP contribution in [0.4, 0.5) is 5.69 Å². The van der Waals surface area contributed by atoms with Crippen molar-refractivity contribution >= 4 is 33.2 Å². The van der Waals surface area contributed by atoms with Gasteiger partial charge in [-0.2, -0.15) is 0 Å². The summed E-state index contributed by atoms with van der Waals surface area (Å²) >= 11 is 1.46. The third kappa shape index (κ3) is 5.23. The van der Waals surface area contributed by atoms with Crippen molar-refractivity contribution < 1.29 is 17.9 Å². The van der Waals surface area contributed by atoms with Gasteiger partial charge in [-0.05, 0) is 55.0 Å². The number of carbonyl (C=O) groups is 1. The fraction of sp³-hybridized carbons (Fsp3) is 0.174. The Morgan fingerprint density at radius 2 is 1.57 bits per heavy atom. The molecule has 1 aliphatic rings. The van der Waals surface area contributed by atoms with Crippen molar-refractivity contribution in [2.45, 2.75) is 16.6 Å². The fourth-order valence-corrected chi connectivity index (χ4v) is 6.85. The molecule has 7 heteroatoms. The predicted octanol–water partition coefficient (Wildman–Crippen LogP) is 5.01. The summed E-state index contributed by atoms with van der Waals surface area (Å²) in [4.78, 5) is 13.6. The molecule has 3 aromatic rings. The summed E-state index contributed by atoms with van der Waals surface area (Å²) in [6, 6.07) is 23.9. The van der Waals surface area contributed by atoms with Crippen molar-refractivity contribution in [2.75, 3.05) is 16.8 Å². The number of sulfone groups is 1. The summed E-state index contributed by atoms with van der Waals surface area (Å²) in [5.41, 5.74) is 1.19. The maximum absolute atomic E-state index is 12.8. The highest BCUT2D eigenvalue weighted by atomic mass is 32.2. The molecule has 1 fully saturated rings. The van der Waals surface area contributed by atoms with Gasteiger partial charge in [-0.3, -0.25) is 4.79 Å². The Balaban J connectivity index is 1.43. The second-order valence-corrected chi connectivity index (χ2v) is 10.6. The quantitative estimate of drug-likeness (QED) is 0.584. The largest absolute Gasteiger partial charge is 0.457 e. The van der Waals surface area contributed by atoms with Crippen LogP contribution in [0.2, 0.25) is 0 Å². The van der Waals surface area contributed by atoms with Crippen LogP contribution in [0.15, 0.2) is 83.8 Å². The summed E-state index contributed by atoms with van der Waals surface area (Å²) in [5.74, 6) is 1.58. The van der Waals surface area contributed by atoms with Crippen LogP contribution in [0.25, 0.3) is 0 Å². The van der Waals surface area contributed by atoms with Gasteiger partial charge in [0, 0.05) is 15.8 Å². The highest BCUT2D eigenvalue weighted by Gasteiger charge is 2.29. The zero-order chi connectivity index (χ0) is 21.0. The lowest BCUT2D eigenvalue weighted by molar-refractivity contribution is 0.102. The monoisotopic (exact) mass is 439 g/mol. The van der Waals surface area contributed by atoms with Crippen LogP contribution >= 0.6 is 11.8 Å². The second kappa shape index (κ2) is 8.93. The number of nitrogens with one attached hydrogen (secondary N) is 1. The highest BCUT2D eigenvalue weighted by molar-refractivity contribution is 8.02. The molecule has 3 aromatic carbocycles. The molecule has 30 heavy (non-hydrogen) atoms. The summed E-state index contributed by atoms with van der Waals surface area (Å²) in [5, 5.41) is 2.89. The van der Waals surface area contributed by atoms with Crippen molar-refractivity contribution in [3.63, 3.8) is 0 Å². The number of anilines is 1. The number of carbonyl (C=O) groups excluding carboxylic acids is 1. The van der Waals surface area contributed by atoms with E-state index < -0.39 is 9.84 Å². The average Bonchev–Trinajstić information content (AvgIpc) is 3.09. The Morgan fingerprint density at radius 3 is 2.27 bits per heavy atom. The smallest absolute Gasteiger partial charge is 0.256 e. The maximum atomic E-state index is 12.8. The number of rotatable bonds is 6. The first-order chi connectivity index (χ1) is 14.5. The van der Waals surface area contributed by atoms with E-state index in [9.17, 15) is 13.2 Å². The molecule has 0 spiro atoms.